The SMILES string of the molecule is COc1ccc(Br)cc1[C@H]1NC(=S)NC(C)=C1C(=O)Nc1ccccc1. The van der Waals surface area contributed by atoms with Gasteiger partial charge in [-0.3, -0.25) is 4.79 Å². The van der Waals surface area contributed by atoms with Gasteiger partial charge in [-0.25, -0.2) is 0 Å². The van der Waals surface area contributed by atoms with Crippen LogP contribution in [-0.4, -0.2) is 18.1 Å². The number of methoxy groups -OCH3 is 1. The highest BCUT2D eigenvalue weighted by Gasteiger charge is 2.32. The van der Waals surface area contributed by atoms with E-state index in [0.29, 0.717) is 22.1 Å². The molecule has 3 rings (SSSR count). The van der Waals surface area contributed by atoms with Crippen LogP contribution in [0.3, 0.4) is 0 Å². The summed E-state index contributed by atoms with van der Waals surface area (Å²) in [7, 11) is 1.60. The summed E-state index contributed by atoms with van der Waals surface area (Å²) < 4.78 is 6.38. The number of hydrogen-bond acceptors (Lipinski definition) is 3. The number of para-hydroxylation sites is 1. The third-order valence-electron chi connectivity index (χ3n) is 4.05. The quantitative estimate of drug-likeness (QED) is 0.640. The molecule has 1 aliphatic heterocycles. The number of rotatable bonds is 4. The molecule has 0 aliphatic carbocycles. The molecule has 0 bridgehead atoms. The maximum absolute atomic E-state index is 13.0. The number of carbonyl (C=O) groups is 1. The molecule has 1 aliphatic rings. The Balaban J connectivity index is 2.02. The first-order valence-corrected chi connectivity index (χ1v) is 9.18. The summed E-state index contributed by atoms with van der Waals surface area (Å²) in [4.78, 5) is 13.0. The van der Waals surface area contributed by atoms with Crippen molar-refractivity contribution in [3.63, 3.8) is 0 Å². The lowest BCUT2D eigenvalue weighted by Gasteiger charge is -2.31. The van der Waals surface area contributed by atoms with Crippen LogP contribution in [0.2, 0.25) is 0 Å². The molecule has 0 aromatic heterocycles. The van der Waals surface area contributed by atoms with Crippen molar-refractivity contribution in [2.75, 3.05) is 12.4 Å². The first-order chi connectivity index (χ1) is 12.5. The number of nitrogens with one attached hydrogen (secondary N) is 3. The number of ether oxygens (including phenoxy) is 1. The standard InChI is InChI=1S/C19H18BrN3O2S/c1-11-16(18(24)22-13-6-4-3-5-7-13)17(23-19(26)21-11)14-10-12(20)8-9-15(14)25-2/h3-10,17H,1-2H3,(H,22,24)(H2,21,23,26)/t17-/m1/s1. The Morgan fingerprint density at radius 3 is 2.65 bits per heavy atom. The van der Waals surface area contributed by atoms with Crippen molar-refractivity contribution in [3.05, 3.63) is 69.8 Å². The highest BCUT2D eigenvalue weighted by Crippen LogP contribution is 2.35. The monoisotopic (exact) mass is 431 g/mol. The molecular weight excluding hydrogens is 414 g/mol. The van der Waals surface area contributed by atoms with E-state index >= 15 is 0 Å². The van der Waals surface area contributed by atoms with Crippen LogP contribution < -0.4 is 20.7 Å². The van der Waals surface area contributed by atoms with E-state index in [1.165, 1.54) is 0 Å². The van der Waals surface area contributed by atoms with Gasteiger partial charge < -0.3 is 20.7 Å². The van der Waals surface area contributed by atoms with Crippen molar-refractivity contribution < 1.29 is 9.53 Å². The van der Waals surface area contributed by atoms with Crippen LogP contribution in [0.4, 0.5) is 5.69 Å². The Bertz CT molecular complexity index is 884. The largest absolute Gasteiger partial charge is 0.496 e. The maximum Gasteiger partial charge on any atom is 0.255 e. The molecule has 5 nitrogen and oxygen atoms in total. The van der Waals surface area contributed by atoms with Crippen LogP contribution in [0.25, 0.3) is 0 Å². The van der Waals surface area contributed by atoms with E-state index in [4.69, 9.17) is 17.0 Å². The molecular formula is C19H18BrN3O2S. The predicted molar refractivity (Wildman–Crippen MR) is 110 cm³/mol. The zero-order chi connectivity index (χ0) is 18.7. The average molecular weight is 432 g/mol. The van der Waals surface area contributed by atoms with Crippen LogP contribution in [-0.2, 0) is 4.79 Å². The topological polar surface area (TPSA) is 62.4 Å². The van der Waals surface area contributed by atoms with Crippen molar-refractivity contribution in [2.24, 2.45) is 0 Å². The van der Waals surface area contributed by atoms with Crippen molar-refractivity contribution in [3.8, 4) is 5.75 Å². The zero-order valence-corrected chi connectivity index (χ0v) is 16.7. The number of hydrogen-bond donors (Lipinski definition) is 3. The molecule has 3 N–H and O–H groups in total. The maximum atomic E-state index is 13.0. The minimum Gasteiger partial charge on any atom is -0.496 e. The Morgan fingerprint density at radius 1 is 1.23 bits per heavy atom. The summed E-state index contributed by atoms with van der Waals surface area (Å²) in [5.74, 6) is 0.469. The summed E-state index contributed by atoms with van der Waals surface area (Å²) >= 11 is 8.79. The van der Waals surface area contributed by atoms with Gasteiger partial charge in [0.05, 0.1) is 18.7 Å². The summed E-state index contributed by atoms with van der Waals surface area (Å²) in [6.45, 7) is 1.84. The lowest BCUT2D eigenvalue weighted by atomic mass is 9.94. The second-order valence-electron chi connectivity index (χ2n) is 5.78. The van der Waals surface area contributed by atoms with Gasteiger partial charge in [0.2, 0.25) is 0 Å². The fourth-order valence-electron chi connectivity index (χ4n) is 2.88. The number of allylic oxidation sites excluding steroid dienone is 1. The molecule has 2 aromatic rings. The Labute approximate surface area is 165 Å². The number of carbonyl (C=O) groups excluding carboxylic acids is 1. The lowest BCUT2D eigenvalue weighted by molar-refractivity contribution is -0.113. The number of amides is 1. The number of halogens is 1. The normalized spacial score (nSPS) is 16.6. The van der Waals surface area contributed by atoms with Gasteiger partial charge in [-0.1, -0.05) is 34.1 Å². The molecule has 0 saturated carbocycles. The van der Waals surface area contributed by atoms with E-state index < -0.39 is 6.04 Å². The van der Waals surface area contributed by atoms with Crippen LogP contribution in [0.15, 0.2) is 64.3 Å². The minimum absolute atomic E-state index is 0.205. The van der Waals surface area contributed by atoms with E-state index in [1.807, 2.05) is 55.5 Å². The van der Waals surface area contributed by atoms with Crippen molar-refractivity contribution in [1.82, 2.24) is 10.6 Å². The van der Waals surface area contributed by atoms with Gasteiger partial charge >= 0.3 is 0 Å². The van der Waals surface area contributed by atoms with Crippen LogP contribution in [0.5, 0.6) is 5.75 Å². The average Bonchev–Trinajstić information content (AvgIpc) is 2.61. The molecule has 0 radical (unpaired) electrons. The number of benzene rings is 2. The molecule has 0 fully saturated rings. The smallest absolute Gasteiger partial charge is 0.255 e. The van der Waals surface area contributed by atoms with Crippen LogP contribution >= 0.6 is 28.1 Å². The number of anilines is 1. The highest BCUT2D eigenvalue weighted by molar-refractivity contribution is 9.10. The molecule has 1 atom stereocenters. The second kappa shape index (κ2) is 7.88. The third-order valence-corrected chi connectivity index (χ3v) is 4.76. The van der Waals surface area contributed by atoms with Gasteiger partial charge in [0.15, 0.2) is 5.11 Å². The Kier molecular flexibility index (Phi) is 5.58. The van der Waals surface area contributed by atoms with Gasteiger partial charge in [-0.05, 0) is 49.5 Å². The predicted octanol–water partition coefficient (Wildman–Crippen LogP) is 3.89. The molecule has 1 heterocycles. The highest BCUT2D eigenvalue weighted by atomic mass is 79.9. The second-order valence-corrected chi connectivity index (χ2v) is 7.10. The Morgan fingerprint density at radius 2 is 1.96 bits per heavy atom. The van der Waals surface area contributed by atoms with Crippen molar-refractivity contribution in [2.45, 2.75) is 13.0 Å². The fourth-order valence-corrected chi connectivity index (χ4v) is 3.53. The van der Waals surface area contributed by atoms with Gasteiger partial charge in [-0.2, -0.15) is 0 Å². The molecule has 0 spiro atoms. The van der Waals surface area contributed by atoms with Gasteiger partial charge in [0.25, 0.3) is 5.91 Å². The molecule has 0 saturated heterocycles. The molecule has 2 aromatic carbocycles. The van der Waals surface area contributed by atoms with E-state index in [0.717, 1.165) is 15.7 Å². The first-order valence-electron chi connectivity index (χ1n) is 7.97. The summed E-state index contributed by atoms with van der Waals surface area (Å²) in [6, 6.07) is 14.6. The molecule has 134 valence electrons. The molecule has 7 heteroatoms. The van der Waals surface area contributed by atoms with Gasteiger partial charge in [0.1, 0.15) is 5.75 Å². The Hall–Kier alpha value is -2.38. The first kappa shape index (κ1) is 18.4. The lowest BCUT2D eigenvalue weighted by Crippen LogP contribution is -2.45. The minimum atomic E-state index is -0.431. The van der Waals surface area contributed by atoms with Crippen molar-refractivity contribution >= 4 is 44.9 Å². The molecule has 1 amide bonds. The summed E-state index contributed by atoms with van der Waals surface area (Å²) in [6.07, 6.45) is 0. The van der Waals surface area contributed by atoms with Crippen LogP contribution in [0.1, 0.15) is 18.5 Å². The number of thiocarbonyl (C=S) groups is 1. The van der Waals surface area contributed by atoms with Gasteiger partial charge in [0, 0.05) is 21.4 Å². The summed E-state index contributed by atoms with van der Waals surface area (Å²) in [5.41, 5.74) is 2.81. The zero-order valence-electron chi connectivity index (χ0n) is 14.3. The van der Waals surface area contributed by atoms with E-state index in [9.17, 15) is 4.79 Å². The molecule has 26 heavy (non-hydrogen) atoms. The van der Waals surface area contributed by atoms with Crippen molar-refractivity contribution in [1.29, 1.82) is 0 Å². The van der Waals surface area contributed by atoms with Gasteiger partial charge in [-0.15, -0.1) is 0 Å². The summed E-state index contributed by atoms with van der Waals surface area (Å²) in [5, 5.41) is 9.62. The fraction of sp³-hybridized carbons (Fsp3) is 0.158. The van der Waals surface area contributed by atoms with E-state index in [1.54, 1.807) is 7.11 Å². The van der Waals surface area contributed by atoms with E-state index in [2.05, 4.69) is 31.9 Å². The van der Waals surface area contributed by atoms with E-state index in [-0.39, 0.29) is 5.91 Å². The van der Waals surface area contributed by atoms with Crippen LogP contribution in [0, 0.1) is 0 Å². The molecule has 0 unspecified atom stereocenters. The third kappa shape index (κ3) is 3.89.